The molecule has 4 aliphatic rings. The third-order valence-corrected chi connectivity index (χ3v) is 11.2. The number of nitriles is 1. The van der Waals surface area contributed by atoms with Crippen LogP contribution in [0.1, 0.15) is 70.0 Å². The Hall–Kier alpha value is -5.20. The molecule has 0 radical (unpaired) electrons. The molecule has 16 heteroatoms. The number of rotatable bonds is 8. The first kappa shape index (κ1) is 33.9. The molecule has 4 fully saturated rings. The Balaban J connectivity index is 1.00. The van der Waals surface area contributed by atoms with Crippen molar-refractivity contribution in [1.82, 2.24) is 34.3 Å². The van der Waals surface area contributed by atoms with Crippen molar-refractivity contribution in [1.29, 1.82) is 5.26 Å². The van der Waals surface area contributed by atoms with Gasteiger partial charge in [0.05, 0.1) is 42.2 Å². The first-order chi connectivity index (χ1) is 24.7. The zero-order valence-electron chi connectivity index (χ0n) is 27.7. The molecule has 1 atom stereocenters. The molecule has 4 aromatic rings. The van der Waals surface area contributed by atoms with Crippen LogP contribution in [0.3, 0.4) is 0 Å². The van der Waals surface area contributed by atoms with E-state index in [9.17, 15) is 35.9 Å². The van der Waals surface area contributed by atoms with E-state index < -0.39 is 40.4 Å². The van der Waals surface area contributed by atoms with Crippen LogP contribution in [0.15, 0.2) is 67.3 Å². The minimum atomic E-state index is -4.64. The van der Waals surface area contributed by atoms with Crippen molar-refractivity contribution in [2.45, 2.75) is 62.5 Å². The lowest BCUT2D eigenvalue weighted by Crippen LogP contribution is -2.64. The van der Waals surface area contributed by atoms with Gasteiger partial charge in [-0.1, -0.05) is 18.2 Å². The van der Waals surface area contributed by atoms with Crippen LogP contribution in [0.25, 0.3) is 0 Å². The summed E-state index contributed by atoms with van der Waals surface area (Å²) in [4.78, 5) is 34.5. The van der Waals surface area contributed by atoms with Gasteiger partial charge in [-0.15, -0.1) is 0 Å². The fourth-order valence-electron chi connectivity index (χ4n) is 7.81. The van der Waals surface area contributed by atoms with E-state index in [-0.39, 0.29) is 70.0 Å². The van der Waals surface area contributed by atoms with Gasteiger partial charge in [0.15, 0.2) is 0 Å². The number of alkyl halides is 6. The second-order valence-electron chi connectivity index (χ2n) is 14.6. The van der Waals surface area contributed by atoms with Gasteiger partial charge in [-0.3, -0.25) is 23.9 Å². The van der Waals surface area contributed by atoms with Crippen LogP contribution in [0, 0.1) is 22.2 Å². The summed E-state index contributed by atoms with van der Waals surface area (Å²) in [6.07, 6.45) is -3.31. The second-order valence-corrected chi connectivity index (χ2v) is 14.6. The Morgan fingerprint density at radius 2 is 1.50 bits per heavy atom. The maximum absolute atomic E-state index is 13.8. The van der Waals surface area contributed by atoms with Crippen molar-refractivity contribution < 1.29 is 35.9 Å². The quantitative estimate of drug-likeness (QED) is 0.224. The average molecular weight is 723 g/mol. The van der Waals surface area contributed by atoms with Gasteiger partial charge in [-0.2, -0.15) is 41.8 Å². The van der Waals surface area contributed by atoms with E-state index in [1.165, 1.54) is 28.0 Å². The number of aromatic nitrogens is 5. The summed E-state index contributed by atoms with van der Waals surface area (Å²) in [5.41, 5.74) is -1.97. The van der Waals surface area contributed by atoms with Crippen molar-refractivity contribution >= 4 is 11.8 Å². The van der Waals surface area contributed by atoms with E-state index in [1.54, 1.807) is 58.4 Å². The number of likely N-dealkylation sites (tertiary alicyclic amines) is 2. The van der Waals surface area contributed by atoms with Gasteiger partial charge < -0.3 is 9.80 Å². The Labute approximate surface area is 293 Å². The summed E-state index contributed by atoms with van der Waals surface area (Å²) in [7, 11) is 0. The molecule has 1 aromatic carbocycles. The highest BCUT2D eigenvalue weighted by atomic mass is 19.4. The molecule has 0 N–H and O–H groups in total. The smallest absolute Gasteiger partial charge is 0.340 e. The van der Waals surface area contributed by atoms with Gasteiger partial charge >= 0.3 is 12.4 Å². The Morgan fingerprint density at radius 3 is 2.10 bits per heavy atom. The summed E-state index contributed by atoms with van der Waals surface area (Å²) in [5, 5.41) is 17.6. The minimum Gasteiger partial charge on any atom is -0.340 e. The molecule has 5 heterocycles. The van der Waals surface area contributed by atoms with Crippen LogP contribution >= 0.6 is 0 Å². The van der Waals surface area contributed by atoms with Crippen LogP contribution in [0.5, 0.6) is 0 Å². The van der Waals surface area contributed by atoms with Gasteiger partial charge in [-0.25, -0.2) is 0 Å². The lowest BCUT2D eigenvalue weighted by atomic mass is 9.69. The summed E-state index contributed by atoms with van der Waals surface area (Å²) < 4.78 is 85.3. The molecule has 8 rings (SSSR count). The summed E-state index contributed by atoms with van der Waals surface area (Å²) in [6, 6.07) is 14.0. The number of benzene rings is 1. The zero-order valence-corrected chi connectivity index (χ0v) is 27.7. The average Bonchev–Trinajstić information content (AvgIpc) is 3.95. The SMILES string of the molecule is N#Cc1ccc(Cn2cc(C(=O)N3CC(c4ccc(Cn5ccc(C6(C(F)(F)F)CC6)n5)cn4)C4(C3)CN(C(=O)C3(C(F)(F)F)CC3)C4)cn2)cc1. The molecule has 1 spiro atoms. The van der Waals surface area contributed by atoms with Crippen LogP contribution in [-0.4, -0.2) is 84.7 Å². The van der Waals surface area contributed by atoms with Crippen molar-refractivity contribution in [2.24, 2.45) is 10.8 Å². The molecule has 3 aromatic heterocycles. The van der Waals surface area contributed by atoms with Gasteiger partial charge in [0.2, 0.25) is 5.91 Å². The number of pyridine rings is 1. The monoisotopic (exact) mass is 722 g/mol. The van der Waals surface area contributed by atoms with E-state index in [2.05, 4.69) is 21.3 Å². The van der Waals surface area contributed by atoms with Gasteiger partial charge in [0.1, 0.15) is 10.8 Å². The fraction of sp³-hybridized carbons (Fsp3) is 0.444. The number of nitrogens with zero attached hydrogens (tertiary/aromatic N) is 8. The summed E-state index contributed by atoms with van der Waals surface area (Å²) in [5.74, 6) is -1.65. The molecule has 2 saturated heterocycles. The summed E-state index contributed by atoms with van der Waals surface area (Å²) in [6.45, 7) is 1.02. The number of amides is 2. The molecule has 0 bridgehead atoms. The molecule has 2 aliphatic heterocycles. The number of hydrogen-bond donors (Lipinski definition) is 0. The predicted molar refractivity (Wildman–Crippen MR) is 170 cm³/mol. The zero-order chi connectivity index (χ0) is 36.7. The van der Waals surface area contributed by atoms with E-state index in [0.717, 1.165) is 5.56 Å². The molecular formula is C36H32F6N8O2. The van der Waals surface area contributed by atoms with E-state index in [1.807, 2.05) is 0 Å². The second kappa shape index (κ2) is 11.7. The van der Waals surface area contributed by atoms with E-state index in [0.29, 0.717) is 28.9 Å². The molecule has 2 amide bonds. The summed E-state index contributed by atoms with van der Waals surface area (Å²) >= 11 is 0. The lowest BCUT2D eigenvalue weighted by Gasteiger charge is -2.51. The molecule has 2 saturated carbocycles. The van der Waals surface area contributed by atoms with Gasteiger partial charge in [0.25, 0.3) is 5.91 Å². The molecule has 1 unspecified atom stereocenters. The number of halogens is 6. The van der Waals surface area contributed by atoms with E-state index in [4.69, 9.17) is 5.26 Å². The first-order valence-electron chi connectivity index (χ1n) is 16.9. The highest BCUT2D eigenvalue weighted by Crippen LogP contribution is 2.61. The van der Waals surface area contributed by atoms with E-state index >= 15 is 0 Å². The number of carbonyl (C=O) groups is 2. The van der Waals surface area contributed by atoms with Crippen LogP contribution in [-0.2, 0) is 23.3 Å². The van der Waals surface area contributed by atoms with Crippen LogP contribution in [0.4, 0.5) is 26.3 Å². The maximum atomic E-state index is 13.8. The number of hydrogen-bond acceptors (Lipinski definition) is 6. The number of carbonyl (C=O) groups excluding carboxylic acids is 2. The van der Waals surface area contributed by atoms with Crippen molar-refractivity contribution in [2.75, 3.05) is 26.2 Å². The van der Waals surface area contributed by atoms with Crippen molar-refractivity contribution in [3.05, 3.63) is 101 Å². The van der Waals surface area contributed by atoms with Crippen molar-refractivity contribution in [3.8, 4) is 6.07 Å². The fourth-order valence-corrected chi connectivity index (χ4v) is 7.81. The normalized spacial score (nSPS) is 21.1. The topological polar surface area (TPSA) is 113 Å². The largest absolute Gasteiger partial charge is 0.403 e. The molecule has 10 nitrogen and oxygen atoms in total. The molecule has 270 valence electrons. The molecule has 52 heavy (non-hydrogen) atoms. The van der Waals surface area contributed by atoms with Gasteiger partial charge in [-0.05, 0) is 61.1 Å². The first-order valence-corrected chi connectivity index (χ1v) is 16.9. The lowest BCUT2D eigenvalue weighted by molar-refractivity contribution is -0.204. The van der Waals surface area contributed by atoms with Crippen LogP contribution in [0.2, 0.25) is 0 Å². The third-order valence-electron chi connectivity index (χ3n) is 11.2. The molecular weight excluding hydrogens is 690 g/mol. The van der Waals surface area contributed by atoms with Crippen molar-refractivity contribution in [3.63, 3.8) is 0 Å². The Bertz CT molecular complexity index is 2060. The third kappa shape index (κ3) is 5.61. The van der Waals surface area contributed by atoms with Crippen LogP contribution < -0.4 is 0 Å². The highest BCUT2D eigenvalue weighted by molar-refractivity contribution is 5.94. The van der Waals surface area contributed by atoms with Gasteiger partial charge in [0, 0.05) is 61.8 Å². The predicted octanol–water partition coefficient (Wildman–Crippen LogP) is 5.45. The Kier molecular flexibility index (Phi) is 7.60. The minimum absolute atomic E-state index is 0.00752. The molecule has 2 aliphatic carbocycles. The Morgan fingerprint density at radius 1 is 0.827 bits per heavy atom. The maximum Gasteiger partial charge on any atom is 0.403 e. The standard InChI is InChI=1S/C36H32F6N8O2/c37-35(38,39)33(8-9-33)29-7-12-49(46-29)17-25-5-6-28(44-14-25)27-19-47(20-32(27)21-48(22-32)31(52)34(10-11-34)36(40,41)42)30(51)26-15-45-50(18-26)16-24-3-1-23(13-43)2-4-24/h1-7,12,14-15,18,27H,8-11,16-17,19-22H2. The highest BCUT2D eigenvalue weighted by Gasteiger charge is 2.71.